The summed E-state index contributed by atoms with van der Waals surface area (Å²) in [6.45, 7) is 2.37. The van der Waals surface area contributed by atoms with Crippen LogP contribution in [0.1, 0.15) is 6.92 Å². The molecule has 0 radical (unpaired) electrons. The summed E-state index contributed by atoms with van der Waals surface area (Å²) < 4.78 is 24.0. The normalized spacial score (nSPS) is 11.1. The van der Waals surface area contributed by atoms with Crippen LogP contribution in [0.15, 0.2) is 94.5 Å². The molecule has 0 bridgehead atoms. The van der Waals surface area contributed by atoms with E-state index in [0.717, 1.165) is 20.7 Å². The highest BCUT2D eigenvalue weighted by Crippen LogP contribution is 2.38. The van der Waals surface area contributed by atoms with Crippen molar-refractivity contribution in [3.05, 3.63) is 90.5 Å². The Morgan fingerprint density at radius 3 is 2.08 bits per heavy atom. The molecule has 39 heavy (non-hydrogen) atoms. The van der Waals surface area contributed by atoms with Crippen LogP contribution in [0.4, 0.5) is 15.8 Å². The Kier molecular flexibility index (Phi) is 9.01. The zero-order chi connectivity index (χ0) is 27.8. The zero-order valence-corrected chi connectivity index (χ0v) is 22.4. The van der Waals surface area contributed by atoms with Crippen molar-refractivity contribution in [2.24, 2.45) is 0 Å². The maximum absolute atomic E-state index is 13.2. The number of pyridine rings is 1. The molecule has 0 atom stereocenters. The first-order valence-electron chi connectivity index (χ1n) is 12.0. The second-order valence-corrected chi connectivity index (χ2v) is 9.31. The van der Waals surface area contributed by atoms with E-state index in [9.17, 15) is 14.0 Å². The number of nitrogens with zero attached hydrogens (tertiary/aromatic N) is 1. The number of halogens is 1. The number of hydrogen-bond acceptors (Lipinski definition) is 7. The Morgan fingerprint density at radius 1 is 0.897 bits per heavy atom. The van der Waals surface area contributed by atoms with E-state index in [1.807, 2.05) is 37.3 Å². The van der Waals surface area contributed by atoms with Gasteiger partial charge in [0.05, 0.1) is 19.7 Å². The number of anilines is 2. The fourth-order valence-electron chi connectivity index (χ4n) is 3.64. The number of fused-ring (bicyclic) bond motifs is 1. The third-order valence-corrected chi connectivity index (χ3v) is 6.67. The number of benzene rings is 3. The largest absolute Gasteiger partial charge is 0.493 e. The van der Waals surface area contributed by atoms with E-state index in [-0.39, 0.29) is 5.57 Å². The molecule has 0 unspecified atom stereocenters. The van der Waals surface area contributed by atoms with Gasteiger partial charge >= 0.3 is 0 Å². The van der Waals surface area contributed by atoms with Crippen molar-refractivity contribution in [2.75, 3.05) is 31.4 Å². The maximum Gasteiger partial charge on any atom is 0.262 e. The first-order valence-corrected chi connectivity index (χ1v) is 12.8. The van der Waals surface area contributed by atoms with Gasteiger partial charge in [0, 0.05) is 51.6 Å². The number of aromatic nitrogens is 1. The van der Waals surface area contributed by atoms with Crippen LogP contribution in [0.5, 0.6) is 11.5 Å². The van der Waals surface area contributed by atoms with Crippen molar-refractivity contribution in [1.82, 2.24) is 10.3 Å². The summed E-state index contributed by atoms with van der Waals surface area (Å²) in [5, 5.41) is 9.18. The van der Waals surface area contributed by atoms with E-state index in [0.29, 0.717) is 29.4 Å². The molecule has 3 N–H and O–H groups in total. The molecule has 4 aromatic rings. The van der Waals surface area contributed by atoms with Gasteiger partial charge < -0.3 is 25.4 Å². The van der Waals surface area contributed by atoms with E-state index in [1.165, 1.54) is 30.5 Å². The van der Waals surface area contributed by atoms with Gasteiger partial charge in [0.2, 0.25) is 0 Å². The van der Waals surface area contributed by atoms with Crippen molar-refractivity contribution in [3.8, 4) is 11.5 Å². The lowest BCUT2D eigenvalue weighted by atomic mass is 10.2. The molecular weight excluding hydrogens is 519 g/mol. The molecule has 1 heterocycles. The van der Waals surface area contributed by atoms with Gasteiger partial charge in [0.15, 0.2) is 11.5 Å². The first-order chi connectivity index (χ1) is 18.9. The molecular formula is C29H27FN4O4S. The van der Waals surface area contributed by atoms with Crippen molar-refractivity contribution in [2.45, 2.75) is 16.7 Å². The van der Waals surface area contributed by atoms with Crippen LogP contribution in [0.2, 0.25) is 0 Å². The quantitative estimate of drug-likeness (QED) is 0.135. The minimum Gasteiger partial charge on any atom is -0.493 e. The number of methoxy groups -OCH3 is 2. The van der Waals surface area contributed by atoms with Gasteiger partial charge in [0.1, 0.15) is 11.4 Å². The molecule has 2 amide bonds. The van der Waals surface area contributed by atoms with Crippen molar-refractivity contribution < 1.29 is 23.5 Å². The zero-order valence-electron chi connectivity index (χ0n) is 21.6. The molecule has 0 aliphatic carbocycles. The van der Waals surface area contributed by atoms with Crippen LogP contribution in [0.3, 0.4) is 0 Å². The lowest BCUT2D eigenvalue weighted by molar-refractivity contribution is -0.118. The highest BCUT2D eigenvalue weighted by atomic mass is 32.2. The third kappa shape index (κ3) is 6.85. The summed E-state index contributed by atoms with van der Waals surface area (Å²) in [7, 11) is 3.17. The van der Waals surface area contributed by atoms with E-state index in [2.05, 4.69) is 20.9 Å². The minimum absolute atomic E-state index is 0.118. The fourth-order valence-corrected chi connectivity index (χ4v) is 4.57. The Morgan fingerprint density at radius 2 is 1.49 bits per heavy atom. The molecule has 0 fully saturated rings. The van der Waals surface area contributed by atoms with Gasteiger partial charge in [-0.1, -0.05) is 11.8 Å². The number of nitrogens with one attached hydrogen (secondary N) is 3. The molecule has 8 nitrogen and oxygen atoms in total. The summed E-state index contributed by atoms with van der Waals surface area (Å²) >= 11 is 1.54. The first kappa shape index (κ1) is 27.5. The Labute approximate surface area is 229 Å². The number of ether oxygens (including phenoxy) is 2. The third-order valence-electron chi connectivity index (χ3n) is 5.59. The summed E-state index contributed by atoms with van der Waals surface area (Å²) in [6, 6.07) is 18.2. The maximum atomic E-state index is 13.2. The van der Waals surface area contributed by atoms with Crippen LogP contribution in [0.25, 0.3) is 10.9 Å². The summed E-state index contributed by atoms with van der Waals surface area (Å²) in [5.74, 6) is -0.412. The van der Waals surface area contributed by atoms with Crippen molar-refractivity contribution >= 4 is 45.9 Å². The van der Waals surface area contributed by atoms with Crippen molar-refractivity contribution in [1.29, 1.82) is 0 Å². The van der Waals surface area contributed by atoms with Crippen LogP contribution in [-0.4, -0.2) is 37.6 Å². The molecule has 1 aromatic heterocycles. The van der Waals surface area contributed by atoms with Crippen LogP contribution < -0.4 is 25.4 Å². The number of amides is 2. The summed E-state index contributed by atoms with van der Waals surface area (Å²) in [5.41, 5.74) is 1.55. The van der Waals surface area contributed by atoms with Gasteiger partial charge in [0.25, 0.3) is 11.8 Å². The van der Waals surface area contributed by atoms with Crippen molar-refractivity contribution in [3.63, 3.8) is 0 Å². The van der Waals surface area contributed by atoms with E-state index in [4.69, 9.17) is 9.47 Å². The average molecular weight is 547 g/mol. The van der Waals surface area contributed by atoms with E-state index in [1.54, 1.807) is 44.3 Å². The Bertz CT molecular complexity index is 1510. The molecule has 0 saturated carbocycles. The van der Waals surface area contributed by atoms with Gasteiger partial charge in [-0.2, -0.15) is 0 Å². The van der Waals surface area contributed by atoms with Gasteiger partial charge in [-0.05, 0) is 67.6 Å². The lowest BCUT2D eigenvalue weighted by Gasteiger charge is -2.12. The number of hydrogen-bond donors (Lipinski definition) is 3. The predicted molar refractivity (Wildman–Crippen MR) is 151 cm³/mol. The van der Waals surface area contributed by atoms with Gasteiger partial charge in [-0.15, -0.1) is 0 Å². The number of rotatable bonds is 10. The van der Waals surface area contributed by atoms with E-state index >= 15 is 0 Å². The molecule has 0 aliphatic rings. The summed E-state index contributed by atoms with van der Waals surface area (Å²) in [4.78, 5) is 32.1. The average Bonchev–Trinajstić information content (AvgIpc) is 2.95. The molecule has 0 spiro atoms. The van der Waals surface area contributed by atoms with Gasteiger partial charge in [-0.25, -0.2) is 4.39 Å². The highest BCUT2D eigenvalue weighted by Gasteiger charge is 2.19. The molecule has 4 rings (SSSR count). The lowest BCUT2D eigenvalue weighted by Crippen LogP contribution is -2.27. The number of carbonyl (C=O) groups excluding carboxylic acids is 2. The van der Waals surface area contributed by atoms with E-state index < -0.39 is 17.6 Å². The Balaban J connectivity index is 1.48. The predicted octanol–water partition coefficient (Wildman–Crippen LogP) is 5.61. The highest BCUT2D eigenvalue weighted by molar-refractivity contribution is 7.99. The second kappa shape index (κ2) is 12.8. The Hall–Kier alpha value is -4.57. The number of carbonyl (C=O) groups is 2. The monoisotopic (exact) mass is 546 g/mol. The fraction of sp³-hybridized carbons (Fsp3) is 0.138. The smallest absolute Gasteiger partial charge is 0.262 e. The molecule has 200 valence electrons. The topological polar surface area (TPSA) is 102 Å². The standard InChI is InChI=1S/C29H27FN4O4S/c1-4-31-17-23(28(35)33-19-7-5-18(30)6-8-19)29(36)34-20-9-11-21(12-10-20)39-27-13-14-32-24-16-26(38-3)25(37-2)15-22(24)27/h5-17,31H,4H2,1-3H3,(H,33,35)(H,34,36)/b23-17+. The minimum atomic E-state index is -0.621. The van der Waals surface area contributed by atoms with Gasteiger partial charge in [-0.3, -0.25) is 14.6 Å². The van der Waals surface area contributed by atoms with Crippen LogP contribution in [-0.2, 0) is 9.59 Å². The summed E-state index contributed by atoms with van der Waals surface area (Å²) in [6.07, 6.45) is 3.09. The molecule has 10 heteroatoms. The van der Waals surface area contributed by atoms with Crippen LogP contribution >= 0.6 is 11.8 Å². The molecule has 0 saturated heterocycles. The molecule has 0 aliphatic heterocycles. The van der Waals surface area contributed by atoms with Crippen LogP contribution in [0, 0.1) is 5.82 Å². The molecule has 3 aromatic carbocycles. The second-order valence-electron chi connectivity index (χ2n) is 8.19. The SMILES string of the molecule is CCN/C=C(\C(=O)Nc1ccc(F)cc1)C(=O)Nc1ccc(Sc2ccnc3cc(OC)c(OC)cc23)cc1.